The molecule has 168 valence electrons. The molecule has 1 aliphatic heterocycles. The summed E-state index contributed by atoms with van der Waals surface area (Å²) in [5.41, 5.74) is 3.04. The lowest BCUT2D eigenvalue weighted by Gasteiger charge is -2.44. The third-order valence-electron chi connectivity index (χ3n) is 7.34. The number of amides is 2. The second-order valence-corrected chi connectivity index (χ2v) is 10.3. The molecule has 1 fully saturated rings. The normalized spacial score (nSPS) is 23.7. The largest absolute Gasteiger partial charge is 0.355 e. The van der Waals surface area contributed by atoms with Crippen molar-refractivity contribution in [3.05, 3.63) is 69.4 Å². The summed E-state index contributed by atoms with van der Waals surface area (Å²) in [6.07, 6.45) is 12.5. The monoisotopic (exact) mass is 448 g/mol. The maximum absolute atomic E-state index is 13.7. The number of nitrogens with one attached hydrogen (secondary N) is 1. The first kappa shape index (κ1) is 21.4. The molecule has 32 heavy (non-hydrogen) atoms. The van der Waals surface area contributed by atoms with Crippen LogP contribution in [0.3, 0.4) is 0 Å². The van der Waals surface area contributed by atoms with Gasteiger partial charge < -0.3 is 10.2 Å². The molecule has 4 nitrogen and oxygen atoms in total. The van der Waals surface area contributed by atoms with Crippen LogP contribution in [0.25, 0.3) is 0 Å². The minimum Gasteiger partial charge on any atom is -0.355 e. The number of allylic oxidation sites excluding steroid dienone is 1. The van der Waals surface area contributed by atoms with Gasteiger partial charge in [-0.3, -0.25) is 9.59 Å². The molecular weight excluding hydrogens is 416 g/mol. The molecule has 5 heteroatoms. The van der Waals surface area contributed by atoms with Crippen LogP contribution in [0.15, 0.2) is 53.4 Å². The third-order valence-corrected chi connectivity index (χ3v) is 8.28. The van der Waals surface area contributed by atoms with Gasteiger partial charge in [-0.05, 0) is 68.0 Å². The van der Waals surface area contributed by atoms with E-state index in [-0.39, 0.29) is 29.8 Å². The highest BCUT2D eigenvalue weighted by Gasteiger charge is 2.47. The van der Waals surface area contributed by atoms with Crippen molar-refractivity contribution in [1.82, 2.24) is 10.2 Å². The van der Waals surface area contributed by atoms with Gasteiger partial charge in [-0.1, -0.05) is 48.8 Å². The molecular formula is C27H32N2O2S. The van der Waals surface area contributed by atoms with E-state index in [2.05, 4.69) is 27.7 Å². The Labute approximate surface area is 194 Å². The van der Waals surface area contributed by atoms with Crippen molar-refractivity contribution in [3.8, 4) is 0 Å². The van der Waals surface area contributed by atoms with Gasteiger partial charge in [0.25, 0.3) is 5.91 Å². The maximum atomic E-state index is 13.7. The highest BCUT2D eigenvalue weighted by atomic mass is 32.1. The molecule has 2 heterocycles. The van der Waals surface area contributed by atoms with E-state index in [9.17, 15) is 9.59 Å². The SMILES string of the molecule is O=C(NCCC1=CCCCC1)[C@@H]1c2ccccc2C(=O)N(C2CCCC2)[C@H]1c1cccs1. The molecule has 1 saturated carbocycles. The summed E-state index contributed by atoms with van der Waals surface area (Å²) >= 11 is 1.65. The summed E-state index contributed by atoms with van der Waals surface area (Å²) in [7, 11) is 0. The van der Waals surface area contributed by atoms with Crippen molar-refractivity contribution in [1.29, 1.82) is 0 Å². The van der Waals surface area contributed by atoms with Gasteiger partial charge in [-0.2, -0.15) is 0 Å². The van der Waals surface area contributed by atoms with Gasteiger partial charge in [0, 0.05) is 23.0 Å². The number of carbonyl (C=O) groups is 2. The minimum atomic E-state index is -0.372. The molecule has 1 N–H and O–H groups in total. The Morgan fingerprint density at radius 1 is 1.06 bits per heavy atom. The van der Waals surface area contributed by atoms with E-state index in [1.165, 1.54) is 18.4 Å². The van der Waals surface area contributed by atoms with Gasteiger partial charge >= 0.3 is 0 Å². The number of hydrogen-bond acceptors (Lipinski definition) is 3. The highest BCUT2D eigenvalue weighted by molar-refractivity contribution is 7.10. The fourth-order valence-corrected chi connectivity index (χ4v) is 6.63. The predicted octanol–water partition coefficient (Wildman–Crippen LogP) is 5.98. The molecule has 0 radical (unpaired) electrons. The van der Waals surface area contributed by atoms with E-state index in [0.29, 0.717) is 12.1 Å². The van der Waals surface area contributed by atoms with Crippen molar-refractivity contribution in [2.75, 3.05) is 6.54 Å². The average Bonchev–Trinajstić information content (AvgIpc) is 3.54. The molecule has 2 atom stereocenters. The summed E-state index contributed by atoms with van der Waals surface area (Å²) in [6, 6.07) is 11.9. The minimum absolute atomic E-state index is 0.0442. The van der Waals surface area contributed by atoms with Gasteiger partial charge in [-0.25, -0.2) is 0 Å². The second kappa shape index (κ2) is 9.62. The Kier molecular flexibility index (Phi) is 6.44. The molecule has 1 aromatic carbocycles. The molecule has 3 aliphatic rings. The van der Waals surface area contributed by atoms with Gasteiger partial charge in [-0.15, -0.1) is 11.3 Å². The van der Waals surface area contributed by atoms with E-state index in [0.717, 1.165) is 55.4 Å². The number of nitrogens with zero attached hydrogens (tertiary/aromatic N) is 1. The smallest absolute Gasteiger partial charge is 0.254 e. The molecule has 1 aromatic heterocycles. The number of thiophene rings is 1. The number of hydrogen-bond donors (Lipinski definition) is 1. The second-order valence-electron chi connectivity index (χ2n) is 9.33. The quantitative estimate of drug-likeness (QED) is 0.553. The first-order valence-corrected chi connectivity index (χ1v) is 13.0. The molecule has 0 bridgehead atoms. The van der Waals surface area contributed by atoms with Crippen LogP contribution < -0.4 is 5.32 Å². The Bertz CT molecular complexity index is 991. The van der Waals surface area contributed by atoms with Crippen LogP contribution in [0.5, 0.6) is 0 Å². The Morgan fingerprint density at radius 2 is 1.91 bits per heavy atom. The van der Waals surface area contributed by atoms with Crippen LogP contribution in [-0.2, 0) is 4.79 Å². The number of carbonyl (C=O) groups excluding carboxylic acids is 2. The van der Waals surface area contributed by atoms with Crippen LogP contribution in [0.2, 0.25) is 0 Å². The first-order chi connectivity index (χ1) is 15.7. The zero-order valence-corrected chi connectivity index (χ0v) is 19.4. The standard InChI is InChI=1S/C27H32N2O2S/c30-26(28-17-16-19-9-2-1-3-10-19)24-21-13-6-7-14-22(21)27(31)29(20-11-4-5-12-20)25(24)23-15-8-18-32-23/h6-9,13-15,18,20,24-25H,1-5,10-12,16-17H2,(H,28,30)/t24-,25+/m1/s1. The fourth-order valence-electron chi connectivity index (χ4n) is 5.77. The van der Waals surface area contributed by atoms with Gasteiger partial charge in [0.2, 0.25) is 5.91 Å². The van der Waals surface area contributed by atoms with Crippen molar-refractivity contribution in [2.24, 2.45) is 0 Å². The van der Waals surface area contributed by atoms with Crippen LogP contribution in [0.4, 0.5) is 0 Å². The summed E-state index contributed by atoms with van der Waals surface area (Å²) in [4.78, 5) is 30.6. The highest BCUT2D eigenvalue weighted by Crippen LogP contribution is 2.47. The van der Waals surface area contributed by atoms with Crippen molar-refractivity contribution < 1.29 is 9.59 Å². The molecule has 0 spiro atoms. The molecule has 2 aliphatic carbocycles. The van der Waals surface area contributed by atoms with Crippen molar-refractivity contribution in [3.63, 3.8) is 0 Å². The van der Waals surface area contributed by atoms with Crippen LogP contribution in [0.1, 0.15) is 90.5 Å². The fraction of sp³-hybridized carbons (Fsp3) is 0.481. The van der Waals surface area contributed by atoms with E-state index in [1.807, 2.05) is 30.3 Å². The lowest BCUT2D eigenvalue weighted by Crippen LogP contribution is -2.50. The Morgan fingerprint density at radius 3 is 2.66 bits per heavy atom. The van der Waals surface area contributed by atoms with E-state index in [1.54, 1.807) is 11.3 Å². The zero-order chi connectivity index (χ0) is 21.9. The third kappa shape index (κ3) is 4.15. The van der Waals surface area contributed by atoms with E-state index in [4.69, 9.17) is 0 Å². The molecule has 0 unspecified atom stereocenters. The first-order valence-electron chi connectivity index (χ1n) is 12.1. The number of rotatable bonds is 6. The summed E-state index contributed by atoms with van der Waals surface area (Å²) in [5, 5.41) is 5.30. The molecule has 0 saturated heterocycles. The summed E-state index contributed by atoms with van der Waals surface area (Å²) in [5.74, 6) is -0.242. The summed E-state index contributed by atoms with van der Waals surface area (Å²) in [6.45, 7) is 0.665. The van der Waals surface area contributed by atoms with Gasteiger partial charge in [0.05, 0.1) is 12.0 Å². The van der Waals surface area contributed by atoms with Crippen molar-refractivity contribution >= 4 is 23.2 Å². The van der Waals surface area contributed by atoms with Crippen LogP contribution >= 0.6 is 11.3 Å². The van der Waals surface area contributed by atoms with Gasteiger partial charge in [0.15, 0.2) is 0 Å². The maximum Gasteiger partial charge on any atom is 0.254 e. The Balaban J connectivity index is 1.47. The Hall–Kier alpha value is -2.40. The van der Waals surface area contributed by atoms with Crippen molar-refractivity contribution in [2.45, 2.75) is 75.8 Å². The average molecular weight is 449 g/mol. The molecule has 5 rings (SSSR count). The number of benzene rings is 1. The van der Waals surface area contributed by atoms with E-state index >= 15 is 0 Å². The topological polar surface area (TPSA) is 49.4 Å². The lowest BCUT2D eigenvalue weighted by molar-refractivity contribution is -0.124. The van der Waals surface area contributed by atoms with Gasteiger partial charge in [0.1, 0.15) is 0 Å². The number of fused-ring (bicyclic) bond motifs is 1. The molecule has 2 amide bonds. The predicted molar refractivity (Wildman–Crippen MR) is 129 cm³/mol. The van der Waals surface area contributed by atoms with Crippen LogP contribution in [-0.4, -0.2) is 29.3 Å². The zero-order valence-electron chi connectivity index (χ0n) is 18.6. The lowest BCUT2D eigenvalue weighted by atomic mass is 9.80. The molecule has 2 aromatic rings. The summed E-state index contributed by atoms with van der Waals surface area (Å²) < 4.78 is 0. The van der Waals surface area contributed by atoms with Crippen LogP contribution in [0, 0.1) is 0 Å². The van der Waals surface area contributed by atoms with E-state index < -0.39 is 0 Å².